The van der Waals surface area contributed by atoms with Gasteiger partial charge in [-0.2, -0.15) is 0 Å². The van der Waals surface area contributed by atoms with Crippen molar-refractivity contribution < 1.29 is 9.72 Å². The molecule has 1 aliphatic heterocycles. The van der Waals surface area contributed by atoms with Gasteiger partial charge in [-0.3, -0.25) is 14.9 Å². The van der Waals surface area contributed by atoms with Gasteiger partial charge in [-0.15, -0.1) is 0 Å². The van der Waals surface area contributed by atoms with Crippen molar-refractivity contribution in [2.45, 2.75) is 26.3 Å². The summed E-state index contributed by atoms with van der Waals surface area (Å²) >= 11 is 0. The lowest BCUT2D eigenvalue weighted by atomic mass is 10.0. The summed E-state index contributed by atoms with van der Waals surface area (Å²) in [5, 5.41) is 14.2. The third-order valence-corrected chi connectivity index (χ3v) is 3.81. The summed E-state index contributed by atoms with van der Waals surface area (Å²) in [5.41, 5.74) is 0.858. The van der Waals surface area contributed by atoms with Crippen molar-refractivity contribution in [1.82, 2.24) is 10.2 Å². The number of nitro benzene ring substituents is 1. The molecular weight excluding hydrogens is 258 g/mol. The van der Waals surface area contributed by atoms with Gasteiger partial charge in [-0.25, -0.2) is 0 Å². The van der Waals surface area contributed by atoms with E-state index in [4.69, 9.17) is 0 Å². The van der Waals surface area contributed by atoms with E-state index in [1.165, 1.54) is 6.07 Å². The fourth-order valence-electron chi connectivity index (χ4n) is 2.68. The van der Waals surface area contributed by atoms with E-state index in [-0.39, 0.29) is 17.6 Å². The molecule has 1 aromatic rings. The number of nitro groups is 1. The Balaban J connectivity index is 2.32. The van der Waals surface area contributed by atoms with Crippen molar-refractivity contribution in [1.29, 1.82) is 0 Å². The number of amides is 1. The average molecular weight is 277 g/mol. The highest BCUT2D eigenvalue weighted by atomic mass is 16.6. The molecule has 108 valence electrons. The minimum Gasteiger partial charge on any atom is -0.335 e. The van der Waals surface area contributed by atoms with Crippen LogP contribution in [0.4, 0.5) is 5.69 Å². The molecule has 1 aliphatic rings. The molecule has 0 bridgehead atoms. The number of likely N-dealkylation sites (N-methyl/N-ethyl adjacent to an activating group) is 1. The maximum atomic E-state index is 12.6. The normalized spacial score (nSPS) is 18.0. The second-order valence-corrected chi connectivity index (χ2v) is 4.94. The molecule has 6 heteroatoms. The van der Waals surface area contributed by atoms with Crippen molar-refractivity contribution in [3.63, 3.8) is 0 Å². The first-order chi connectivity index (χ1) is 9.56. The van der Waals surface area contributed by atoms with Gasteiger partial charge >= 0.3 is 0 Å². The summed E-state index contributed by atoms with van der Waals surface area (Å²) in [6, 6.07) is 4.83. The predicted octanol–water partition coefficient (Wildman–Crippen LogP) is 1.73. The maximum Gasteiger partial charge on any atom is 0.273 e. The second-order valence-electron chi connectivity index (χ2n) is 4.94. The largest absolute Gasteiger partial charge is 0.335 e. The molecule has 1 atom stereocenters. The highest BCUT2D eigenvalue weighted by Gasteiger charge is 2.28. The van der Waals surface area contributed by atoms with Gasteiger partial charge in [-0.05, 0) is 32.9 Å². The number of carbonyl (C=O) groups is 1. The fraction of sp³-hybridized carbons (Fsp3) is 0.500. The number of nitrogens with one attached hydrogen (secondary N) is 1. The molecule has 1 N–H and O–H groups in total. The number of hydrogen-bond acceptors (Lipinski definition) is 4. The summed E-state index contributed by atoms with van der Waals surface area (Å²) < 4.78 is 0. The molecule has 1 fully saturated rings. The van der Waals surface area contributed by atoms with E-state index in [1.807, 2.05) is 6.92 Å². The highest BCUT2D eigenvalue weighted by Crippen LogP contribution is 2.23. The molecule has 1 unspecified atom stereocenters. The summed E-state index contributed by atoms with van der Waals surface area (Å²) in [5.74, 6) is -0.123. The number of carbonyl (C=O) groups excluding carboxylic acids is 1. The van der Waals surface area contributed by atoms with Gasteiger partial charge in [0.25, 0.3) is 11.6 Å². The quantitative estimate of drug-likeness (QED) is 0.671. The van der Waals surface area contributed by atoms with Crippen LogP contribution >= 0.6 is 0 Å². The van der Waals surface area contributed by atoms with Crippen LogP contribution in [0.15, 0.2) is 18.2 Å². The van der Waals surface area contributed by atoms with Crippen LogP contribution in [0.25, 0.3) is 0 Å². The topological polar surface area (TPSA) is 75.5 Å². The van der Waals surface area contributed by atoms with Gasteiger partial charge in [0.1, 0.15) is 0 Å². The lowest BCUT2D eigenvalue weighted by Crippen LogP contribution is -2.41. The molecule has 0 saturated carbocycles. The van der Waals surface area contributed by atoms with Crippen LogP contribution in [0.3, 0.4) is 0 Å². The lowest BCUT2D eigenvalue weighted by molar-refractivity contribution is -0.385. The highest BCUT2D eigenvalue weighted by molar-refractivity contribution is 5.96. The number of hydrogen-bond donors (Lipinski definition) is 1. The van der Waals surface area contributed by atoms with E-state index in [1.54, 1.807) is 24.0 Å². The maximum absolute atomic E-state index is 12.6. The van der Waals surface area contributed by atoms with Crippen LogP contribution in [0.5, 0.6) is 0 Å². The zero-order valence-electron chi connectivity index (χ0n) is 11.8. The first kappa shape index (κ1) is 14.5. The lowest BCUT2D eigenvalue weighted by Gasteiger charge is -2.27. The Morgan fingerprint density at radius 1 is 1.55 bits per heavy atom. The van der Waals surface area contributed by atoms with Crippen molar-refractivity contribution in [2.24, 2.45) is 0 Å². The van der Waals surface area contributed by atoms with Gasteiger partial charge in [0.2, 0.25) is 0 Å². The Bertz CT molecular complexity index is 524. The van der Waals surface area contributed by atoms with Gasteiger partial charge in [0.15, 0.2) is 0 Å². The van der Waals surface area contributed by atoms with Crippen LogP contribution in [-0.2, 0) is 0 Å². The summed E-state index contributed by atoms with van der Waals surface area (Å²) in [6.07, 6.45) is 0.924. The summed E-state index contributed by atoms with van der Waals surface area (Å²) in [4.78, 5) is 24.9. The van der Waals surface area contributed by atoms with Crippen LogP contribution in [0, 0.1) is 17.0 Å². The number of benzene rings is 1. The summed E-state index contributed by atoms with van der Waals surface area (Å²) in [6.45, 7) is 5.86. The Kier molecular flexibility index (Phi) is 4.34. The monoisotopic (exact) mass is 277 g/mol. The zero-order valence-corrected chi connectivity index (χ0v) is 11.8. The van der Waals surface area contributed by atoms with E-state index in [9.17, 15) is 14.9 Å². The molecule has 1 saturated heterocycles. The molecule has 1 aromatic carbocycles. The molecule has 1 amide bonds. The molecule has 0 aliphatic carbocycles. The minimum atomic E-state index is -0.445. The zero-order chi connectivity index (χ0) is 14.7. The molecule has 1 heterocycles. The second kappa shape index (κ2) is 6.00. The Morgan fingerprint density at radius 2 is 2.30 bits per heavy atom. The molecule has 0 aromatic heterocycles. The molecule has 20 heavy (non-hydrogen) atoms. The third-order valence-electron chi connectivity index (χ3n) is 3.81. The molecule has 0 radical (unpaired) electrons. The van der Waals surface area contributed by atoms with Gasteiger partial charge < -0.3 is 10.2 Å². The Morgan fingerprint density at radius 3 is 2.85 bits per heavy atom. The SMILES string of the molecule is CCN(C(=O)c1cccc([N+](=O)[O-])c1C)C1CCNC1. The standard InChI is InChI=1S/C14H19N3O3/c1-3-16(11-7-8-15-9-11)14(18)12-5-4-6-13(10(12)2)17(19)20/h4-6,11,15H,3,7-9H2,1-2H3. The van der Waals surface area contributed by atoms with E-state index < -0.39 is 4.92 Å². The van der Waals surface area contributed by atoms with Gasteiger partial charge in [0.05, 0.1) is 4.92 Å². The first-order valence-electron chi connectivity index (χ1n) is 6.82. The van der Waals surface area contributed by atoms with Crippen LogP contribution in [0.2, 0.25) is 0 Å². The van der Waals surface area contributed by atoms with Crippen molar-refractivity contribution in [3.05, 3.63) is 39.4 Å². The smallest absolute Gasteiger partial charge is 0.273 e. The predicted molar refractivity (Wildman–Crippen MR) is 75.8 cm³/mol. The van der Waals surface area contributed by atoms with Crippen LogP contribution in [0.1, 0.15) is 29.3 Å². The Labute approximate surface area is 117 Å². The molecule has 0 spiro atoms. The molecule has 6 nitrogen and oxygen atoms in total. The average Bonchev–Trinajstić information content (AvgIpc) is 2.93. The van der Waals surface area contributed by atoms with Crippen molar-refractivity contribution in [2.75, 3.05) is 19.6 Å². The Hall–Kier alpha value is -1.95. The van der Waals surface area contributed by atoms with E-state index in [2.05, 4.69) is 5.32 Å². The van der Waals surface area contributed by atoms with E-state index in [0.29, 0.717) is 17.7 Å². The van der Waals surface area contributed by atoms with Gasteiger partial charge in [0, 0.05) is 36.3 Å². The van der Waals surface area contributed by atoms with Crippen molar-refractivity contribution >= 4 is 11.6 Å². The molecular formula is C14H19N3O3. The molecule has 2 rings (SSSR count). The number of nitrogens with zero attached hydrogens (tertiary/aromatic N) is 2. The number of rotatable bonds is 4. The van der Waals surface area contributed by atoms with Gasteiger partial charge in [-0.1, -0.05) is 6.07 Å². The first-order valence-corrected chi connectivity index (χ1v) is 6.82. The fourth-order valence-corrected chi connectivity index (χ4v) is 2.68. The van der Waals surface area contributed by atoms with Crippen LogP contribution < -0.4 is 5.32 Å². The van der Waals surface area contributed by atoms with Crippen molar-refractivity contribution in [3.8, 4) is 0 Å². The van der Waals surface area contributed by atoms with E-state index in [0.717, 1.165) is 19.5 Å². The van der Waals surface area contributed by atoms with E-state index >= 15 is 0 Å². The minimum absolute atomic E-state index is 0.00329. The van der Waals surface area contributed by atoms with Crippen LogP contribution in [-0.4, -0.2) is 41.4 Å². The third kappa shape index (κ3) is 2.65. The summed E-state index contributed by atoms with van der Waals surface area (Å²) in [7, 11) is 0.